The molecule has 0 aliphatic carbocycles. The molecule has 1 rings (SSSR count). The van der Waals surface area contributed by atoms with Gasteiger partial charge in [0.25, 0.3) is 0 Å². The SMILES string of the molecule is [CH2]c1cnoc1. The summed E-state index contributed by atoms with van der Waals surface area (Å²) in [4.78, 5) is 0. The van der Waals surface area contributed by atoms with Gasteiger partial charge >= 0.3 is 0 Å². The Bertz CT molecular complexity index is 111. The van der Waals surface area contributed by atoms with Crippen LogP contribution in [0, 0.1) is 6.92 Å². The van der Waals surface area contributed by atoms with Gasteiger partial charge in [-0.25, -0.2) is 0 Å². The number of hydrogen-bond donors (Lipinski definition) is 0. The molecule has 0 saturated carbocycles. The zero-order valence-electron chi connectivity index (χ0n) is 3.22. The lowest BCUT2D eigenvalue weighted by molar-refractivity contribution is 0.419. The number of hydrogen-bond acceptors (Lipinski definition) is 2. The van der Waals surface area contributed by atoms with E-state index < -0.39 is 0 Å². The van der Waals surface area contributed by atoms with Crippen LogP contribution in [0.2, 0.25) is 0 Å². The first kappa shape index (κ1) is 3.40. The summed E-state index contributed by atoms with van der Waals surface area (Å²) >= 11 is 0. The summed E-state index contributed by atoms with van der Waals surface area (Å²) in [5.74, 6) is 0. The fraction of sp³-hybridized carbons (Fsp3) is 0. The largest absolute Gasteiger partial charge is 0.364 e. The van der Waals surface area contributed by atoms with E-state index in [4.69, 9.17) is 0 Å². The third-order valence-electron chi connectivity index (χ3n) is 0.483. The molecular weight excluding hydrogens is 78.0 g/mol. The van der Waals surface area contributed by atoms with Crippen LogP contribution in [0.3, 0.4) is 0 Å². The molecule has 0 amide bonds. The second-order valence-corrected chi connectivity index (χ2v) is 1.03. The van der Waals surface area contributed by atoms with Crippen molar-refractivity contribution in [2.75, 3.05) is 0 Å². The van der Waals surface area contributed by atoms with Crippen molar-refractivity contribution in [3.8, 4) is 0 Å². The molecule has 1 radical (unpaired) electrons. The van der Waals surface area contributed by atoms with Crippen LogP contribution in [0.5, 0.6) is 0 Å². The van der Waals surface area contributed by atoms with Crippen LogP contribution in [-0.4, -0.2) is 5.16 Å². The average Bonchev–Trinajstić information content (AvgIpc) is 1.86. The molecule has 31 valence electrons. The van der Waals surface area contributed by atoms with E-state index in [0.29, 0.717) is 0 Å². The fourth-order valence-electron chi connectivity index (χ4n) is 0.227. The molecule has 2 nitrogen and oxygen atoms in total. The van der Waals surface area contributed by atoms with Crippen LogP contribution in [0.15, 0.2) is 17.0 Å². The van der Waals surface area contributed by atoms with E-state index in [0.717, 1.165) is 5.56 Å². The maximum absolute atomic E-state index is 4.40. The Morgan fingerprint density at radius 3 is 2.83 bits per heavy atom. The highest BCUT2D eigenvalue weighted by Gasteiger charge is 1.78. The molecule has 0 atom stereocenters. The van der Waals surface area contributed by atoms with Crippen LogP contribution in [-0.2, 0) is 0 Å². The molecule has 0 spiro atoms. The first-order chi connectivity index (χ1) is 2.89. The summed E-state index contributed by atoms with van der Waals surface area (Å²) in [5, 5.41) is 3.38. The first-order valence-electron chi connectivity index (χ1n) is 1.61. The Morgan fingerprint density at radius 1 is 1.83 bits per heavy atom. The lowest BCUT2D eigenvalue weighted by atomic mass is 10.4. The van der Waals surface area contributed by atoms with Gasteiger partial charge in [0.15, 0.2) is 0 Å². The first-order valence-corrected chi connectivity index (χ1v) is 1.61. The van der Waals surface area contributed by atoms with Gasteiger partial charge in [0.2, 0.25) is 0 Å². The zero-order chi connectivity index (χ0) is 4.41. The van der Waals surface area contributed by atoms with Gasteiger partial charge in [-0.1, -0.05) is 5.16 Å². The van der Waals surface area contributed by atoms with Crippen molar-refractivity contribution in [3.05, 3.63) is 24.9 Å². The minimum Gasteiger partial charge on any atom is -0.364 e. The molecule has 0 fully saturated rings. The van der Waals surface area contributed by atoms with Crippen molar-refractivity contribution in [1.29, 1.82) is 0 Å². The van der Waals surface area contributed by atoms with Crippen LogP contribution in [0.1, 0.15) is 5.56 Å². The van der Waals surface area contributed by atoms with Gasteiger partial charge in [-0.3, -0.25) is 0 Å². The Kier molecular flexibility index (Phi) is 0.638. The van der Waals surface area contributed by atoms with Gasteiger partial charge in [0.1, 0.15) is 6.26 Å². The van der Waals surface area contributed by atoms with E-state index in [1.807, 2.05) is 0 Å². The Morgan fingerprint density at radius 2 is 2.67 bits per heavy atom. The summed E-state index contributed by atoms with van der Waals surface area (Å²) in [6.07, 6.45) is 3.04. The highest BCUT2D eigenvalue weighted by atomic mass is 16.5. The second kappa shape index (κ2) is 1.12. The number of nitrogens with zero attached hydrogens (tertiary/aromatic N) is 1. The molecule has 0 aromatic carbocycles. The maximum atomic E-state index is 4.40. The fourth-order valence-corrected chi connectivity index (χ4v) is 0.227. The molecule has 0 N–H and O–H groups in total. The molecule has 0 unspecified atom stereocenters. The lowest BCUT2D eigenvalue weighted by Gasteiger charge is -1.59. The van der Waals surface area contributed by atoms with Crippen LogP contribution >= 0.6 is 0 Å². The van der Waals surface area contributed by atoms with Crippen LogP contribution in [0.4, 0.5) is 0 Å². The van der Waals surface area contributed by atoms with Crippen molar-refractivity contribution in [1.82, 2.24) is 5.16 Å². The number of rotatable bonds is 0. The average molecular weight is 82.1 g/mol. The Labute approximate surface area is 35.8 Å². The van der Waals surface area contributed by atoms with Gasteiger partial charge in [-0.2, -0.15) is 0 Å². The standard InChI is InChI=1S/C4H4NO/c1-4-2-5-6-3-4/h2-3H,1H2. The Hall–Kier alpha value is -0.790. The molecule has 0 saturated heterocycles. The molecular formula is C4H4NO. The van der Waals surface area contributed by atoms with Crippen molar-refractivity contribution in [2.45, 2.75) is 0 Å². The van der Waals surface area contributed by atoms with Gasteiger partial charge in [-0.15, -0.1) is 0 Å². The zero-order valence-corrected chi connectivity index (χ0v) is 3.22. The van der Waals surface area contributed by atoms with E-state index in [1.165, 1.54) is 6.26 Å². The Balaban J connectivity index is 3.05. The van der Waals surface area contributed by atoms with Gasteiger partial charge in [-0.05, 0) is 6.92 Å². The summed E-state index contributed by atoms with van der Waals surface area (Å²) in [6, 6.07) is 0. The van der Waals surface area contributed by atoms with Crippen LogP contribution in [0.25, 0.3) is 0 Å². The van der Waals surface area contributed by atoms with Crippen LogP contribution < -0.4 is 0 Å². The molecule has 0 bridgehead atoms. The van der Waals surface area contributed by atoms with Gasteiger partial charge in [0, 0.05) is 5.56 Å². The third-order valence-corrected chi connectivity index (χ3v) is 0.483. The second-order valence-electron chi connectivity index (χ2n) is 1.03. The van der Waals surface area contributed by atoms with E-state index in [1.54, 1.807) is 6.20 Å². The minimum atomic E-state index is 0.815. The van der Waals surface area contributed by atoms with Gasteiger partial charge < -0.3 is 4.52 Å². The molecule has 2 heteroatoms. The molecule has 0 aliphatic heterocycles. The van der Waals surface area contributed by atoms with E-state index in [2.05, 4.69) is 16.6 Å². The van der Waals surface area contributed by atoms with Gasteiger partial charge in [0.05, 0.1) is 6.20 Å². The van der Waals surface area contributed by atoms with Crippen molar-refractivity contribution < 1.29 is 4.52 Å². The molecule has 0 aliphatic rings. The predicted octanol–water partition coefficient (Wildman–Crippen LogP) is 0.857. The monoisotopic (exact) mass is 82.0 g/mol. The molecule has 1 aromatic rings. The number of aromatic nitrogens is 1. The maximum Gasteiger partial charge on any atom is 0.126 e. The summed E-state index contributed by atoms with van der Waals surface area (Å²) in [7, 11) is 0. The minimum absolute atomic E-state index is 0.815. The van der Waals surface area contributed by atoms with E-state index in [9.17, 15) is 0 Å². The lowest BCUT2D eigenvalue weighted by Crippen LogP contribution is -1.50. The molecule has 1 heterocycles. The van der Waals surface area contributed by atoms with E-state index in [-0.39, 0.29) is 0 Å². The third kappa shape index (κ3) is 0.407. The van der Waals surface area contributed by atoms with E-state index >= 15 is 0 Å². The summed E-state index contributed by atoms with van der Waals surface area (Å²) in [5.41, 5.74) is 0.815. The normalized spacial score (nSPS) is 8.83. The topological polar surface area (TPSA) is 26.0 Å². The predicted molar refractivity (Wildman–Crippen MR) is 21.0 cm³/mol. The van der Waals surface area contributed by atoms with Crippen molar-refractivity contribution in [2.24, 2.45) is 0 Å². The molecule has 6 heavy (non-hydrogen) atoms. The van der Waals surface area contributed by atoms with Crippen molar-refractivity contribution in [3.63, 3.8) is 0 Å². The smallest absolute Gasteiger partial charge is 0.126 e. The van der Waals surface area contributed by atoms with Crippen molar-refractivity contribution >= 4 is 0 Å². The highest BCUT2D eigenvalue weighted by Crippen LogP contribution is 1.88. The summed E-state index contributed by atoms with van der Waals surface area (Å²) < 4.78 is 4.40. The highest BCUT2D eigenvalue weighted by molar-refractivity contribution is 5.02. The summed E-state index contributed by atoms with van der Waals surface area (Å²) in [6.45, 7) is 3.52. The quantitative estimate of drug-likeness (QED) is 0.464. The molecule has 1 aromatic heterocycles.